The maximum absolute atomic E-state index is 13.8. The van der Waals surface area contributed by atoms with Crippen LogP contribution in [0.3, 0.4) is 0 Å². The molecule has 0 aliphatic rings. The van der Waals surface area contributed by atoms with Crippen LogP contribution in [0.1, 0.15) is 43.5 Å². The van der Waals surface area contributed by atoms with Crippen LogP contribution < -0.4 is 10.6 Å². The van der Waals surface area contributed by atoms with E-state index in [2.05, 4.69) is 16.7 Å². The van der Waals surface area contributed by atoms with Crippen molar-refractivity contribution in [3.05, 3.63) is 77.4 Å². The molecule has 0 aromatic heterocycles. The Morgan fingerprint density at radius 2 is 1.63 bits per heavy atom. The Labute approximate surface area is 223 Å². The number of aliphatic hydroxyl groups is 1. The van der Waals surface area contributed by atoms with Crippen molar-refractivity contribution in [3.63, 3.8) is 0 Å². The van der Waals surface area contributed by atoms with Crippen molar-refractivity contribution in [2.24, 2.45) is 0 Å². The zero-order valence-electron chi connectivity index (χ0n) is 22.2. The Morgan fingerprint density at radius 3 is 2.21 bits per heavy atom. The second kappa shape index (κ2) is 11.8. The fraction of sp³-hybridized carbons (Fsp3) is 0.300. The van der Waals surface area contributed by atoms with Crippen LogP contribution in [0.5, 0.6) is 0 Å². The van der Waals surface area contributed by atoms with Gasteiger partial charge in [-0.3, -0.25) is 14.5 Å². The van der Waals surface area contributed by atoms with Crippen molar-refractivity contribution in [1.82, 2.24) is 10.2 Å². The van der Waals surface area contributed by atoms with Gasteiger partial charge < -0.3 is 20.5 Å². The normalized spacial score (nSPS) is 12.7. The van der Waals surface area contributed by atoms with E-state index < -0.39 is 42.2 Å². The molecule has 3 aromatic rings. The zero-order chi connectivity index (χ0) is 28.0. The summed E-state index contributed by atoms with van der Waals surface area (Å²) in [6, 6.07) is 18.3. The minimum Gasteiger partial charge on any atom is -0.444 e. The van der Waals surface area contributed by atoms with Crippen LogP contribution in [-0.2, 0) is 14.3 Å². The van der Waals surface area contributed by atoms with Crippen molar-refractivity contribution in [2.45, 2.75) is 52.3 Å². The van der Waals surface area contributed by atoms with Crippen LogP contribution in [-0.4, -0.2) is 46.2 Å². The van der Waals surface area contributed by atoms with E-state index in [-0.39, 0.29) is 0 Å². The Balaban J connectivity index is 1.99. The molecule has 2 atom stereocenters. The van der Waals surface area contributed by atoms with E-state index in [4.69, 9.17) is 11.2 Å². The topological polar surface area (TPSA) is 108 Å². The lowest BCUT2D eigenvalue weighted by atomic mass is 9.94. The molecule has 0 aliphatic carbocycles. The fourth-order valence-electron chi connectivity index (χ4n) is 4.18. The summed E-state index contributed by atoms with van der Waals surface area (Å²) in [4.78, 5) is 40.6. The molecular weight excluding hydrogens is 482 g/mol. The summed E-state index contributed by atoms with van der Waals surface area (Å²) >= 11 is 0. The minimum atomic E-state index is -1.43. The maximum Gasteiger partial charge on any atom is 0.408 e. The predicted octanol–water partition coefficient (Wildman–Crippen LogP) is 4.44. The van der Waals surface area contributed by atoms with Crippen LogP contribution in [0.2, 0.25) is 0 Å². The number of terminal acetylenes is 1. The Morgan fingerprint density at radius 1 is 1.00 bits per heavy atom. The SMILES string of the molecule is C#CN(C(=O)C(CO)NC(=O)OC(C)(C)C)C(C(=O)Nc1ccc2ccccc2c1)c1c(C)cccc1C. The number of nitrogens with zero attached hydrogens (tertiary/aromatic N) is 1. The first-order valence-corrected chi connectivity index (χ1v) is 12.2. The van der Waals surface area contributed by atoms with Crippen molar-refractivity contribution >= 4 is 34.4 Å². The number of rotatable bonds is 7. The van der Waals surface area contributed by atoms with Crippen LogP contribution in [0.15, 0.2) is 60.7 Å². The van der Waals surface area contributed by atoms with Gasteiger partial charge in [-0.15, -0.1) is 0 Å². The number of nitrogens with one attached hydrogen (secondary N) is 2. The third-order valence-electron chi connectivity index (χ3n) is 5.89. The van der Waals surface area contributed by atoms with Crippen LogP contribution >= 0.6 is 0 Å². The molecule has 3 rings (SSSR count). The monoisotopic (exact) mass is 515 g/mol. The number of aliphatic hydroxyl groups excluding tert-OH is 1. The molecule has 0 radical (unpaired) electrons. The molecule has 0 fully saturated rings. The van der Waals surface area contributed by atoms with Crippen LogP contribution in [0.4, 0.5) is 10.5 Å². The molecule has 38 heavy (non-hydrogen) atoms. The molecule has 3 amide bonds. The van der Waals surface area contributed by atoms with Gasteiger partial charge in [0, 0.05) is 11.7 Å². The number of hydrogen-bond acceptors (Lipinski definition) is 5. The van der Waals surface area contributed by atoms with Gasteiger partial charge in [0.1, 0.15) is 17.7 Å². The number of anilines is 1. The molecule has 8 heteroatoms. The molecule has 0 saturated heterocycles. The molecular formula is C30H33N3O5. The Bertz CT molecular complexity index is 1370. The van der Waals surface area contributed by atoms with Gasteiger partial charge >= 0.3 is 6.09 Å². The third kappa shape index (κ3) is 6.69. The summed E-state index contributed by atoms with van der Waals surface area (Å²) in [7, 11) is 0. The molecule has 0 spiro atoms. The lowest BCUT2D eigenvalue weighted by Crippen LogP contribution is -2.52. The highest BCUT2D eigenvalue weighted by molar-refractivity contribution is 6.01. The number of hydrogen-bond donors (Lipinski definition) is 3. The standard InChI is InChI=1S/C30H33N3O5/c1-7-33(28(36)24(18-34)32-29(37)38-30(4,5)6)26(25-19(2)11-10-12-20(25)3)27(35)31-23-16-15-21-13-8-9-14-22(21)17-23/h1,8-17,24,26,34H,18H2,2-6H3,(H,31,35)(H,32,37). The van der Waals surface area contributed by atoms with Gasteiger partial charge in [0.05, 0.1) is 6.61 Å². The Hall–Kier alpha value is -4.35. The van der Waals surface area contributed by atoms with Gasteiger partial charge in [0.15, 0.2) is 0 Å². The highest BCUT2D eigenvalue weighted by Crippen LogP contribution is 2.30. The molecule has 0 heterocycles. The quantitative estimate of drug-likeness (QED) is 0.319. The first kappa shape index (κ1) is 28.2. The molecule has 2 unspecified atom stereocenters. The summed E-state index contributed by atoms with van der Waals surface area (Å²) in [5, 5.41) is 17.1. The van der Waals surface area contributed by atoms with E-state index in [9.17, 15) is 19.5 Å². The Kier molecular flexibility index (Phi) is 8.76. The van der Waals surface area contributed by atoms with Gasteiger partial charge in [-0.25, -0.2) is 4.79 Å². The van der Waals surface area contributed by atoms with Gasteiger partial charge in [-0.05, 0) is 74.2 Å². The number of fused-ring (bicyclic) bond motifs is 1. The second-order valence-corrected chi connectivity index (χ2v) is 9.98. The van der Waals surface area contributed by atoms with E-state index in [1.54, 1.807) is 26.8 Å². The van der Waals surface area contributed by atoms with Crippen molar-refractivity contribution in [2.75, 3.05) is 11.9 Å². The number of carbonyl (C=O) groups excluding carboxylic acids is 3. The third-order valence-corrected chi connectivity index (χ3v) is 5.89. The summed E-state index contributed by atoms with van der Waals surface area (Å²) in [6.07, 6.45) is 4.90. The number of alkyl carbamates (subject to hydrolysis) is 1. The van der Waals surface area contributed by atoms with Crippen molar-refractivity contribution in [1.29, 1.82) is 0 Å². The smallest absolute Gasteiger partial charge is 0.408 e. The van der Waals surface area contributed by atoms with Gasteiger partial charge in [-0.1, -0.05) is 55.0 Å². The molecule has 198 valence electrons. The van der Waals surface area contributed by atoms with Crippen molar-refractivity contribution in [3.8, 4) is 12.5 Å². The van der Waals surface area contributed by atoms with E-state index in [0.717, 1.165) is 26.8 Å². The lowest BCUT2D eigenvalue weighted by Gasteiger charge is -2.31. The van der Waals surface area contributed by atoms with Gasteiger partial charge in [-0.2, -0.15) is 0 Å². The van der Waals surface area contributed by atoms with Gasteiger partial charge in [0.2, 0.25) is 0 Å². The predicted molar refractivity (Wildman–Crippen MR) is 147 cm³/mol. The second-order valence-electron chi connectivity index (χ2n) is 9.98. The number of aryl methyl sites for hydroxylation is 2. The first-order chi connectivity index (χ1) is 17.9. The van der Waals surface area contributed by atoms with E-state index in [1.807, 2.05) is 68.4 Å². The summed E-state index contributed by atoms with van der Waals surface area (Å²) < 4.78 is 5.22. The van der Waals surface area contributed by atoms with Crippen molar-refractivity contribution < 1.29 is 24.2 Å². The molecule has 0 bridgehead atoms. The van der Waals surface area contributed by atoms with E-state index >= 15 is 0 Å². The molecule has 8 nitrogen and oxygen atoms in total. The average molecular weight is 516 g/mol. The van der Waals surface area contributed by atoms with E-state index in [1.165, 1.54) is 0 Å². The number of benzene rings is 3. The molecule has 3 N–H and O–H groups in total. The number of carbonyl (C=O) groups is 3. The zero-order valence-corrected chi connectivity index (χ0v) is 22.2. The summed E-state index contributed by atoms with van der Waals surface area (Å²) in [5.41, 5.74) is 1.75. The highest BCUT2D eigenvalue weighted by atomic mass is 16.6. The van der Waals surface area contributed by atoms with Crippen LogP contribution in [0, 0.1) is 26.3 Å². The molecule has 0 aliphatic heterocycles. The molecule has 0 saturated carbocycles. The summed E-state index contributed by atoms with van der Waals surface area (Å²) in [5.74, 6) is -1.37. The largest absolute Gasteiger partial charge is 0.444 e. The lowest BCUT2D eigenvalue weighted by molar-refractivity contribution is -0.137. The number of amides is 3. The maximum atomic E-state index is 13.8. The fourth-order valence-corrected chi connectivity index (χ4v) is 4.18. The summed E-state index contributed by atoms with van der Waals surface area (Å²) in [6.45, 7) is 7.90. The number of ether oxygens (including phenoxy) is 1. The van der Waals surface area contributed by atoms with Gasteiger partial charge in [0.25, 0.3) is 11.8 Å². The molecule has 3 aromatic carbocycles. The minimum absolute atomic E-state index is 0.528. The average Bonchev–Trinajstić information content (AvgIpc) is 2.85. The van der Waals surface area contributed by atoms with E-state index in [0.29, 0.717) is 11.3 Å². The van der Waals surface area contributed by atoms with Crippen LogP contribution in [0.25, 0.3) is 10.8 Å². The first-order valence-electron chi connectivity index (χ1n) is 12.2. The highest BCUT2D eigenvalue weighted by Gasteiger charge is 2.37.